The summed E-state index contributed by atoms with van der Waals surface area (Å²) in [4.78, 5) is 0. The first-order chi connectivity index (χ1) is 12.4. The fourth-order valence-electron chi connectivity index (χ4n) is 9.14. The summed E-state index contributed by atoms with van der Waals surface area (Å²) in [6.07, 6.45) is 11.7. The number of rotatable bonds is 3. The molecule has 0 bridgehead atoms. The van der Waals surface area contributed by atoms with Gasteiger partial charge in [0, 0.05) is 6.61 Å². The second-order valence-corrected chi connectivity index (χ2v) is 11.1. The lowest BCUT2D eigenvalue weighted by atomic mass is 9.41. The lowest BCUT2D eigenvalue weighted by Crippen LogP contribution is -2.61. The summed E-state index contributed by atoms with van der Waals surface area (Å²) in [5, 5.41) is 21.4. The SMILES string of the molecule is CC[C@H]1[C@@H](O)[C@@H]2[C@H](CC[C@]3(C)[C@@H]([C@H](C)CO)CC[C@@H]23)[C@@]2(C)CCCC[C@@H]12. The molecule has 0 radical (unpaired) electrons. The zero-order valence-electron chi connectivity index (χ0n) is 17.6. The highest BCUT2D eigenvalue weighted by Gasteiger charge is 2.64. The minimum atomic E-state index is -0.0889. The number of hydrogen-bond acceptors (Lipinski definition) is 2. The Morgan fingerprint density at radius 3 is 2.35 bits per heavy atom. The van der Waals surface area contributed by atoms with E-state index in [-0.39, 0.29) is 6.10 Å². The van der Waals surface area contributed by atoms with Gasteiger partial charge in [-0.2, -0.15) is 0 Å². The number of aliphatic hydroxyl groups is 2. The average molecular weight is 363 g/mol. The van der Waals surface area contributed by atoms with Crippen LogP contribution >= 0.6 is 0 Å². The molecule has 4 aliphatic rings. The van der Waals surface area contributed by atoms with E-state index in [2.05, 4.69) is 27.7 Å². The second-order valence-electron chi connectivity index (χ2n) is 11.1. The standard InChI is InChI=1S/C24H42O2/c1-5-16-18-8-6-7-12-23(18,3)20-11-13-24(4)17(15(2)14-25)9-10-19(24)21(20)22(16)26/h15-22,25-26H,5-14H2,1-4H3/t15-,16-,17-,18+,19+,20+,21+,22-,23+,24-/m1/s1. The minimum absolute atomic E-state index is 0.0889. The van der Waals surface area contributed by atoms with Crippen LogP contribution in [0.4, 0.5) is 0 Å². The van der Waals surface area contributed by atoms with E-state index in [1.54, 1.807) is 0 Å². The van der Waals surface area contributed by atoms with Crippen LogP contribution in [-0.4, -0.2) is 22.9 Å². The van der Waals surface area contributed by atoms with Crippen molar-refractivity contribution in [3.8, 4) is 0 Å². The molecule has 0 aromatic heterocycles. The van der Waals surface area contributed by atoms with Crippen LogP contribution in [0, 0.1) is 52.3 Å². The molecule has 2 N–H and O–H groups in total. The van der Waals surface area contributed by atoms with E-state index >= 15 is 0 Å². The molecule has 4 aliphatic carbocycles. The van der Waals surface area contributed by atoms with Gasteiger partial charge in [0.2, 0.25) is 0 Å². The Bertz CT molecular complexity index is 518. The third-order valence-electron chi connectivity index (χ3n) is 10.4. The Kier molecular flexibility index (Phi) is 5.01. The molecule has 0 amide bonds. The Morgan fingerprint density at radius 1 is 0.923 bits per heavy atom. The first-order valence-electron chi connectivity index (χ1n) is 11.7. The van der Waals surface area contributed by atoms with E-state index in [1.807, 2.05) is 0 Å². The van der Waals surface area contributed by atoms with Gasteiger partial charge in [-0.05, 0) is 90.8 Å². The van der Waals surface area contributed by atoms with Crippen LogP contribution in [0.15, 0.2) is 0 Å². The predicted molar refractivity (Wildman–Crippen MR) is 107 cm³/mol. The molecular weight excluding hydrogens is 320 g/mol. The predicted octanol–water partition coefficient (Wildman–Crippen LogP) is 5.27. The van der Waals surface area contributed by atoms with Crippen LogP contribution in [0.5, 0.6) is 0 Å². The van der Waals surface area contributed by atoms with Gasteiger partial charge in [0.25, 0.3) is 0 Å². The first-order valence-corrected chi connectivity index (χ1v) is 11.7. The number of fused-ring (bicyclic) bond motifs is 5. The van der Waals surface area contributed by atoms with Gasteiger partial charge >= 0.3 is 0 Å². The molecule has 0 aromatic carbocycles. The highest BCUT2D eigenvalue weighted by Crippen LogP contribution is 2.69. The third-order valence-corrected chi connectivity index (χ3v) is 10.4. The molecule has 10 atom stereocenters. The smallest absolute Gasteiger partial charge is 0.0605 e. The van der Waals surface area contributed by atoms with Crippen LogP contribution < -0.4 is 0 Å². The van der Waals surface area contributed by atoms with Gasteiger partial charge in [0.05, 0.1) is 6.10 Å². The lowest BCUT2D eigenvalue weighted by Gasteiger charge is -2.64. The molecule has 0 spiro atoms. The molecule has 4 saturated carbocycles. The Hall–Kier alpha value is -0.0800. The quantitative estimate of drug-likeness (QED) is 0.718. The molecule has 150 valence electrons. The van der Waals surface area contributed by atoms with Crippen molar-refractivity contribution in [2.45, 2.75) is 91.6 Å². The molecule has 2 heteroatoms. The van der Waals surface area contributed by atoms with Crippen LogP contribution in [0.25, 0.3) is 0 Å². The van der Waals surface area contributed by atoms with Gasteiger partial charge in [-0.3, -0.25) is 0 Å². The normalized spacial score (nSPS) is 54.9. The maximum absolute atomic E-state index is 11.6. The highest BCUT2D eigenvalue weighted by atomic mass is 16.3. The van der Waals surface area contributed by atoms with Gasteiger partial charge in [0.15, 0.2) is 0 Å². The van der Waals surface area contributed by atoms with Gasteiger partial charge < -0.3 is 10.2 Å². The number of hydrogen-bond donors (Lipinski definition) is 2. The van der Waals surface area contributed by atoms with E-state index < -0.39 is 0 Å². The van der Waals surface area contributed by atoms with Crippen molar-refractivity contribution in [1.29, 1.82) is 0 Å². The van der Waals surface area contributed by atoms with Crippen molar-refractivity contribution in [2.24, 2.45) is 52.3 Å². The minimum Gasteiger partial charge on any atom is -0.396 e. The summed E-state index contributed by atoms with van der Waals surface area (Å²) in [6.45, 7) is 10.0. The fourth-order valence-corrected chi connectivity index (χ4v) is 9.14. The molecule has 0 aromatic rings. The highest BCUT2D eigenvalue weighted by molar-refractivity contribution is 5.13. The molecule has 26 heavy (non-hydrogen) atoms. The van der Waals surface area contributed by atoms with Crippen LogP contribution in [0.3, 0.4) is 0 Å². The zero-order chi connectivity index (χ0) is 18.7. The zero-order valence-corrected chi connectivity index (χ0v) is 17.6. The summed E-state index contributed by atoms with van der Waals surface area (Å²) >= 11 is 0. The monoisotopic (exact) mass is 362 g/mol. The summed E-state index contributed by atoms with van der Waals surface area (Å²) in [7, 11) is 0. The van der Waals surface area contributed by atoms with Gasteiger partial charge in [-0.25, -0.2) is 0 Å². The van der Waals surface area contributed by atoms with Gasteiger partial charge in [-0.15, -0.1) is 0 Å². The number of aliphatic hydroxyl groups excluding tert-OH is 2. The van der Waals surface area contributed by atoms with Crippen LogP contribution in [0.1, 0.15) is 85.5 Å². The largest absolute Gasteiger partial charge is 0.396 e. The summed E-state index contributed by atoms with van der Waals surface area (Å²) in [6, 6.07) is 0. The molecule has 2 nitrogen and oxygen atoms in total. The first kappa shape index (κ1) is 19.2. The van der Waals surface area contributed by atoms with E-state index in [1.165, 1.54) is 51.4 Å². The van der Waals surface area contributed by atoms with E-state index in [4.69, 9.17) is 0 Å². The van der Waals surface area contributed by atoms with Gasteiger partial charge in [-0.1, -0.05) is 47.0 Å². The lowest BCUT2D eigenvalue weighted by molar-refractivity contribution is -0.194. The van der Waals surface area contributed by atoms with Crippen molar-refractivity contribution in [1.82, 2.24) is 0 Å². The van der Waals surface area contributed by atoms with Gasteiger partial charge in [0.1, 0.15) is 0 Å². The topological polar surface area (TPSA) is 40.5 Å². The average Bonchev–Trinajstić information content (AvgIpc) is 2.99. The fraction of sp³-hybridized carbons (Fsp3) is 1.00. The van der Waals surface area contributed by atoms with E-state index in [9.17, 15) is 10.2 Å². The van der Waals surface area contributed by atoms with E-state index in [0.29, 0.717) is 47.0 Å². The van der Waals surface area contributed by atoms with Crippen molar-refractivity contribution in [2.75, 3.05) is 6.61 Å². The summed E-state index contributed by atoms with van der Waals surface area (Å²) in [5.41, 5.74) is 0.797. The Balaban J connectivity index is 1.70. The summed E-state index contributed by atoms with van der Waals surface area (Å²) < 4.78 is 0. The van der Waals surface area contributed by atoms with Crippen molar-refractivity contribution < 1.29 is 10.2 Å². The molecular formula is C24H42O2. The van der Waals surface area contributed by atoms with E-state index in [0.717, 1.165) is 18.3 Å². The van der Waals surface area contributed by atoms with Crippen LogP contribution in [0.2, 0.25) is 0 Å². The van der Waals surface area contributed by atoms with Crippen molar-refractivity contribution in [3.63, 3.8) is 0 Å². The Morgan fingerprint density at radius 2 is 1.65 bits per heavy atom. The van der Waals surface area contributed by atoms with Crippen molar-refractivity contribution in [3.05, 3.63) is 0 Å². The Labute approximate surface area is 161 Å². The molecule has 0 heterocycles. The molecule has 4 rings (SSSR count). The second kappa shape index (κ2) is 6.76. The molecule has 0 aliphatic heterocycles. The maximum Gasteiger partial charge on any atom is 0.0605 e. The van der Waals surface area contributed by atoms with Crippen molar-refractivity contribution >= 4 is 0 Å². The third kappa shape index (κ3) is 2.50. The maximum atomic E-state index is 11.6. The molecule has 0 saturated heterocycles. The molecule has 4 fully saturated rings. The van der Waals surface area contributed by atoms with Crippen LogP contribution in [-0.2, 0) is 0 Å². The summed E-state index contributed by atoms with van der Waals surface area (Å²) in [5.74, 6) is 4.21. The molecule has 0 unspecified atom stereocenters.